The molecule has 0 spiro atoms. The molecule has 2 rings (SSSR count). The minimum absolute atomic E-state index is 0.0809. The van der Waals surface area contributed by atoms with Gasteiger partial charge < -0.3 is 4.57 Å². The van der Waals surface area contributed by atoms with Gasteiger partial charge in [0.05, 0.1) is 6.54 Å². The van der Waals surface area contributed by atoms with E-state index in [9.17, 15) is 4.79 Å². The lowest BCUT2D eigenvalue weighted by molar-refractivity contribution is 0.101. The quantitative estimate of drug-likeness (QED) is 0.758. The summed E-state index contributed by atoms with van der Waals surface area (Å²) in [4.78, 5) is 15.5. The normalized spacial score (nSPS) is 11.1. The Kier molecular flexibility index (Phi) is 3.60. The Morgan fingerprint density at radius 1 is 1.44 bits per heavy atom. The Bertz CT molecular complexity index is 539. The highest BCUT2D eigenvalue weighted by Gasteiger charge is 2.08. The first-order valence-corrected chi connectivity index (χ1v) is 6.09. The summed E-state index contributed by atoms with van der Waals surface area (Å²) in [5.74, 6) is 1.52. The van der Waals surface area contributed by atoms with Crippen molar-refractivity contribution in [3.8, 4) is 0 Å². The van der Waals surface area contributed by atoms with Crippen LogP contribution in [0, 0.1) is 5.92 Å². The van der Waals surface area contributed by atoms with E-state index in [4.69, 9.17) is 0 Å². The maximum Gasteiger partial charge on any atom is 0.161 e. The fourth-order valence-corrected chi connectivity index (χ4v) is 1.82. The van der Waals surface area contributed by atoms with Crippen molar-refractivity contribution in [3.63, 3.8) is 0 Å². The molecule has 96 valence electrons. The van der Waals surface area contributed by atoms with Gasteiger partial charge in [0.15, 0.2) is 5.78 Å². The highest BCUT2D eigenvalue weighted by Crippen LogP contribution is 2.07. The number of ketones is 1. The van der Waals surface area contributed by atoms with E-state index in [2.05, 4.69) is 23.9 Å². The van der Waals surface area contributed by atoms with Gasteiger partial charge >= 0.3 is 0 Å². The third-order valence-electron chi connectivity index (χ3n) is 2.71. The average Bonchev–Trinajstić information content (AvgIpc) is 2.89. The van der Waals surface area contributed by atoms with Gasteiger partial charge in [-0.25, -0.2) is 9.67 Å². The zero-order chi connectivity index (χ0) is 13.1. The van der Waals surface area contributed by atoms with Crippen molar-refractivity contribution in [1.82, 2.24) is 19.3 Å². The van der Waals surface area contributed by atoms with Crippen molar-refractivity contribution in [1.29, 1.82) is 0 Å². The number of carbonyl (C=O) groups is 1. The van der Waals surface area contributed by atoms with Gasteiger partial charge in [0, 0.05) is 24.5 Å². The smallest absolute Gasteiger partial charge is 0.161 e. The SMILES string of the molecule is CC(=O)c1ccn(Cc2ncnn2CC(C)C)c1. The average molecular weight is 246 g/mol. The largest absolute Gasteiger partial charge is 0.346 e. The van der Waals surface area contributed by atoms with E-state index in [1.807, 2.05) is 27.7 Å². The second-order valence-electron chi connectivity index (χ2n) is 4.88. The summed E-state index contributed by atoms with van der Waals surface area (Å²) in [5.41, 5.74) is 0.727. The number of aromatic nitrogens is 4. The van der Waals surface area contributed by atoms with Crippen LogP contribution in [0.25, 0.3) is 0 Å². The lowest BCUT2D eigenvalue weighted by Gasteiger charge is -2.08. The van der Waals surface area contributed by atoms with Crippen molar-refractivity contribution in [2.75, 3.05) is 0 Å². The maximum absolute atomic E-state index is 11.2. The summed E-state index contributed by atoms with van der Waals surface area (Å²) in [6.45, 7) is 7.36. The molecule has 5 nitrogen and oxygen atoms in total. The Labute approximate surface area is 106 Å². The summed E-state index contributed by atoms with van der Waals surface area (Å²) in [6, 6.07) is 1.82. The topological polar surface area (TPSA) is 52.7 Å². The van der Waals surface area contributed by atoms with Gasteiger partial charge in [-0.1, -0.05) is 13.8 Å². The molecular formula is C13H18N4O. The van der Waals surface area contributed by atoms with Crippen LogP contribution in [-0.4, -0.2) is 25.1 Å². The molecule has 0 aliphatic heterocycles. The van der Waals surface area contributed by atoms with Gasteiger partial charge in [-0.3, -0.25) is 4.79 Å². The van der Waals surface area contributed by atoms with Crippen LogP contribution in [0.1, 0.15) is 37.0 Å². The Morgan fingerprint density at radius 3 is 2.83 bits per heavy atom. The van der Waals surface area contributed by atoms with Crippen LogP contribution in [0.4, 0.5) is 0 Å². The Balaban J connectivity index is 2.13. The van der Waals surface area contributed by atoms with E-state index in [0.717, 1.165) is 17.9 Å². The molecular weight excluding hydrogens is 228 g/mol. The van der Waals surface area contributed by atoms with Gasteiger partial charge in [-0.05, 0) is 18.9 Å². The van der Waals surface area contributed by atoms with E-state index in [1.165, 1.54) is 0 Å². The standard InChI is InChI=1S/C13H18N4O/c1-10(2)6-17-13(14-9-15-17)8-16-5-4-12(7-16)11(3)18/h4-5,7,9-10H,6,8H2,1-3H3. The molecule has 0 aromatic carbocycles. The first-order valence-electron chi connectivity index (χ1n) is 6.09. The molecule has 0 saturated carbocycles. The summed E-state index contributed by atoms with van der Waals surface area (Å²) in [7, 11) is 0. The molecule has 0 aliphatic carbocycles. The minimum Gasteiger partial charge on any atom is -0.346 e. The fourth-order valence-electron chi connectivity index (χ4n) is 1.82. The predicted octanol–water partition coefficient (Wildman–Crippen LogP) is 1.99. The summed E-state index contributed by atoms with van der Waals surface area (Å²) in [6.07, 6.45) is 5.31. The summed E-state index contributed by atoms with van der Waals surface area (Å²) >= 11 is 0. The van der Waals surface area contributed by atoms with Crippen LogP contribution < -0.4 is 0 Å². The highest BCUT2D eigenvalue weighted by molar-refractivity contribution is 5.93. The molecule has 0 saturated heterocycles. The van der Waals surface area contributed by atoms with Crippen molar-refractivity contribution >= 4 is 5.78 Å². The monoisotopic (exact) mass is 246 g/mol. The fraction of sp³-hybridized carbons (Fsp3) is 0.462. The van der Waals surface area contributed by atoms with Crippen LogP contribution in [0.15, 0.2) is 24.8 Å². The Morgan fingerprint density at radius 2 is 2.22 bits per heavy atom. The first kappa shape index (κ1) is 12.5. The van der Waals surface area contributed by atoms with E-state index in [1.54, 1.807) is 13.3 Å². The first-order chi connectivity index (χ1) is 8.56. The van der Waals surface area contributed by atoms with Crippen LogP contribution in [-0.2, 0) is 13.1 Å². The number of rotatable bonds is 5. The lowest BCUT2D eigenvalue weighted by Crippen LogP contribution is -2.12. The second kappa shape index (κ2) is 5.16. The predicted molar refractivity (Wildman–Crippen MR) is 68.4 cm³/mol. The zero-order valence-electron chi connectivity index (χ0n) is 11.0. The van der Waals surface area contributed by atoms with E-state index in [-0.39, 0.29) is 5.78 Å². The van der Waals surface area contributed by atoms with Gasteiger partial charge in [0.1, 0.15) is 12.2 Å². The summed E-state index contributed by atoms with van der Waals surface area (Å²) in [5, 5.41) is 4.22. The Hall–Kier alpha value is -1.91. The molecule has 0 fully saturated rings. The van der Waals surface area contributed by atoms with Crippen LogP contribution in [0.3, 0.4) is 0 Å². The highest BCUT2D eigenvalue weighted by atomic mass is 16.1. The number of hydrogen-bond acceptors (Lipinski definition) is 3. The number of hydrogen-bond donors (Lipinski definition) is 0. The van der Waals surface area contributed by atoms with Gasteiger partial charge in [-0.2, -0.15) is 5.10 Å². The van der Waals surface area contributed by atoms with Crippen LogP contribution in [0.5, 0.6) is 0 Å². The molecule has 2 heterocycles. The third-order valence-corrected chi connectivity index (χ3v) is 2.71. The van der Waals surface area contributed by atoms with Crippen molar-refractivity contribution in [3.05, 3.63) is 36.2 Å². The maximum atomic E-state index is 11.2. The van der Waals surface area contributed by atoms with Crippen LogP contribution >= 0.6 is 0 Å². The van der Waals surface area contributed by atoms with Crippen molar-refractivity contribution in [2.45, 2.75) is 33.9 Å². The molecule has 0 amide bonds. The molecule has 5 heteroatoms. The van der Waals surface area contributed by atoms with Crippen molar-refractivity contribution < 1.29 is 4.79 Å². The van der Waals surface area contributed by atoms with Gasteiger partial charge in [0.25, 0.3) is 0 Å². The molecule has 2 aromatic rings. The number of carbonyl (C=O) groups excluding carboxylic acids is 1. The third kappa shape index (κ3) is 2.85. The molecule has 0 unspecified atom stereocenters. The second-order valence-corrected chi connectivity index (χ2v) is 4.88. The molecule has 18 heavy (non-hydrogen) atoms. The van der Waals surface area contributed by atoms with Gasteiger partial charge in [0.2, 0.25) is 0 Å². The van der Waals surface area contributed by atoms with E-state index in [0.29, 0.717) is 12.5 Å². The van der Waals surface area contributed by atoms with Gasteiger partial charge in [-0.15, -0.1) is 0 Å². The minimum atomic E-state index is 0.0809. The molecule has 0 bridgehead atoms. The molecule has 0 radical (unpaired) electrons. The summed E-state index contributed by atoms with van der Waals surface area (Å²) < 4.78 is 3.87. The molecule has 2 aromatic heterocycles. The lowest BCUT2D eigenvalue weighted by atomic mass is 10.2. The number of Topliss-reactive ketones (excluding diaryl/α,β-unsaturated/α-hetero) is 1. The zero-order valence-corrected chi connectivity index (χ0v) is 11.0. The van der Waals surface area contributed by atoms with E-state index < -0.39 is 0 Å². The molecule has 0 aliphatic rings. The van der Waals surface area contributed by atoms with Crippen LogP contribution in [0.2, 0.25) is 0 Å². The molecule has 0 atom stereocenters. The van der Waals surface area contributed by atoms with E-state index >= 15 is 0 Å². The van der Waals surface area contributed by atoms with Crippen molar-refractivity contribution in [2.24, 2.45) is 5.92 Å². The molecule has 0 N–H and O–H groups in total. The number of nitrogens with zero attached hydrogens (tertiary/aromatic N) is 4.